The summed E-state index contributed by atoms with van der Waals surface area (Å²) in [5.41, 5.74) is 1.47. The van der Waals surface area contributed by atoms with Crippen LogP contribution in [0.25, 0.3) is 0 Å². The Morgan fingerprint density at radius 2 is 0.721 bits per heavy atom. The first kappa shape index (κ1) is 60.5. The van der Waals surface area contributed by atoms with Crippen LogP contribution in [0.5, 0.6) is 0 Å². The number of carboxylic acids is 4. The molecule has 0 fully saturated rings. The summed E-state index contributed by atoms with van der Waals surface area (Å²) >= 11 is 0. The van der Waals surface area contributed by atoms with E-state index in [0.29, 0.717) is 60.1 Å². The second-order valence-electron chi connectivity index (χ2n) is 17.5. The van der Waals surface area contributed by atoms with E-state index < -0.39 is 35.8 Å². The predicted octanol–water partition coefficient (Wildman–Crippen LogP) is 14.4. The molecular weight excluding hydrogens is 865 g/mol. The standard InChI is InChI=1S/C24H38O4.2C16H22O4/c1-3-5-7-9-11-15-19-27-23(25)21-17-13-14-18-22(21)24(26)28-20-16-12-10-8-6-4-2;2*1-3-5-7-11(4-2)10-12-8-6-9-13(15(17)18)14(12)16(19)20/h13-14,17-18H,3-12,15-16,19-20H2,1-2H3;2*6,8-9,11H,3-5,7,10H2,1-2H3,(H,17,18)(H,19,20). The number of ether oxygens (including phenoxy) is 2. The number of carboxylic acid groups (broad SMARTS) is 4. The molecule has 4 N–H and O–H groups in total. The van der Waals surface area contributed by atoms with Crippen molar-refractivity contribution in [2.24, 2.45) is 11.8 Å². The van der Waals surface area contributed by atoms with Crippen LogP contribution in [-0.2, 0) is 22.3 Å². The zero-order chi connectivity index (χ0) is 50.7. The van der Waals surface area contributed by atoms with E-state index in [4.69, 9.17) is 19.7 Å². The average Bonchev–Trinajstić information content (AvgIpc) is 3.33. The molecule has 0 aliphatic heterocycles. The topological polar surface area (TPSA) is 202 Å². The predicted molar refractivity (Wildman–Crippen MR) is 269 cm³/mol. The second-order valence-corrected chi connectivity index (χ2v) is 17.5. The lowest BCUT2D eigenvalue weighted by Crippen LogP contribution is -2.15. The number of hydrogen-bond donors (Lipinski definition) is 4. The smallest absolute Gasteiger partial charge is 0.339 e. The molecule has 2 atom stereocenters. The lowest BCUT2D eigenvalue weighted by molar-refractivity contribution is 0.0450. The molecule has 378 valence electrons. The minimum atomic E-state index is -1.19. The Hall–Kier alpha value is -5.52. The lowest BCUT2D eigenvalue weighted by atomic mass is 9.88. The number of unbranched alkanes of at least 4 members (excludes halogenated alkanes) is 12. The number of benzene rings is 3. The van der Waals surface area contributed by atoms with Gasteiger partial charge in [-0.25, -0.2) is 28.8 Å². The van der Waals surface area contributed by atoms with Crippen LogP contribution in [0.2, 0.25) is 0 Å². The van der Waals surface area contributed by atoms with Crippen molar-refractivity contribution in [1.29, 1.82) is 0 Å². The molecule has 0 saturated carbocycles. The van der Waals surface area contributed by atoms with Crippen molar-refractivity contribution in [2.75, 3.05) is 13.2 Å². The largest absolute Gasteiger partial charge is 0.478 e. The zero-order valence-electron chi connectivity index (χ0n) is 42.0. The van der Waals surface area contributed by atoms with Gasteiger partial charge < -0.3 is 29.9 Å². The van der Waals surface area contributed by atoms with Gasteiger partial charge in [-0.1, -0.05) is 194 Å². The first-order valence-electron chi connectivity index (χ1n) is 25.3. The summed E-state index contributed by atoms with van der Waals surface area (Å²) < 4.78 is 10.7. The molecule has 0 radical (unpaired) electrons. The summed E-state index contributed by atoms with van der Waals surface area (Å²) in [6.45, 7) is 13.6. The molecule has 3 rings (SSSR count). The molecule has 0 aromatic heterocycles. The number of hydrogen-bond acceptors (Lipinski definition) is 8. The molecule has 0 spiro atoms. The molecule has 68 heavy (non-hydrogen) atoms. The molecular formula is C56H82O12. The van der Waals surface area contributed by atoms with Gasteiger partial charge in [0.1, 0.15) is 0 Å². The second kappa shape index (κ2) is 36.5. The minimum absolute atomic E-state index is 0.0602. The van der Waals surface area contributed by atoms with E-state index in [1.165, 1.54) is 63.5 Å². The van der Waals surface area contributed by atoms with Crippen molar-refractivity contribution >= 4 is 35.8 Å². The molecule has 2 unspecified atom stereocenters. The lowest BCUT2D eigenvalue weighted by Gasteiger charge is -2.16. The summed E-state index contributed by atoms with van der Waals surface area (Å²) in [7, 11) is 0. The van der Waals surface area contributed by atoms with Crippen LogP contribution in [-0.4, -0.2) is 69.5 Å². The van der Waals surface area contributed by atoms with Crippen molar-refractivity contribution in [2.45, 2.75) is 183 Å². The van der Waals surface area contributed by atoms with E-state index >= 15 is 0 Å². The molecule has 0 bridgehead atoms. The monoisotopic (exact) mass is 947 g/mol. The van der Waals surface area contributed by atoms with Crippen molar-refractivity contribution in [1.82, 2.24) is 0 Å². The Morgan fingerprint density at radius 3 is 1.03 bits per heavy atom. The van der Waals surface area contributed by atoms with Gasteiger partial charge in [0.2, 0.25) is 0 Å². The van der Waals surface area contributed by atoms with Gasteiger partial charge in [0.25, 0.3) is 0 Å². The highest BCUT2D eigenvalue weighted by Gasteiger charge is 2.23. The number of aromatic carboxylic acids is 4. The van der Waals surface area contributed by atoms with Gasteiger partial charge in [0, 0.05) is 0 Å². The highest BCUT2D eigenvalue weighted by Crippen LogP contribution is 2.25. The Morgan fingerprint density at radius 1 is 0.397 bits per heavy atom. The number of carbonyl (C=O) groups is 6. The van der Waals surface area contributed by atoms with Gasteiger partial charge in [-0.05, 0) is 72.9 Å². The molecule has 12 nitrogen and oxygen atoms in total. The van der Waals surface area contributed by atoms with E-state index in [1.54, 1.807) is 48.5 Å². The van der Waals surface area contributed by atoms with Crippen LogP contribution in [0.15, 0.2) is 60.7 Å². The van der Waals surface area contributed by atoms with Crippen molar-refractivity contribution < 1.29 is 58.7 Å². The highest BCUT2D eigenvalue weighted by atomic mass is 16.5. The Labute approximate surface area is 406 Å². The molecule has 0 saturated heterocycles. The van der Waals surface area contributed by atoms with Crippen molar-refractivity contribution in [3.05, 3.63) is 105 Å². The van der Waals surface area contributed by atoms with Gasteiger partial charge in [0.05, 0.1) is 46.6 Å². The fourth-order valence-corrected chi connectivity index (χ4v) is 8.00. The van der Waals surface area contributed by atoms with Gasteiger partial charge >= 0.3 is 35.8 Å². The quantitative estimate of drug-likeness (QED) is 0.0341. The maximum absolute atomic E-state index is 12.4. The molecule has 0 aliphatic rings. The van der Waals surface area contributed by atoms with Gasteiger partial charge in [0.15, 0.2) is 0 Å². The summed E-state index contributed by atoms with van der Waals surface area (Å²) in [6.07, 6.45) is 23.3. The van der Waals surface area contributed by atoms with Crippen molar-refractivity contribution in [3.63, 3.8) is 0 Å². The molecule has 0 heterocycles. The first-order chi connectivity index (χ1) is 32.7. The summed E-state index contributed by atoms with van der Waals surface area (Å²) in [4.78, 5) is 69.7. The normalized spacial score (nSPS) is 11.5. The third-order valence-electron chi connectivity index (χ3n) is 12.1. The van der Waals surface area contributed by atoms with Crippen LogP contribution in [0.3, 0.4) is 0 Å². The van der Waals surface area contributed by atoms with E-state index in [2.05, 4.69) is 41.5 Å². The maximum atomic E-state index is 12.4. The Bertz CT molecular complexity index is 1810. The molecule has 3 aromatic rings. The first-order valence-corrected chi connectivity index (χ1v) is 25.3. The van der Waals surface area contributed by atoms with Crippen molar-refractivity contribution in [3.8, 4) is 0 Å². The van der Waals surface area contributed by atoms with E-state index in [1.807, 2.05) is 0 Å². The maximum Gasteiger partial charge on any atom is 0.339 e. The van der Waals surface area contributed by atoms with Crippen LogP contribution in [0, 0.1) is 11.8 Å². The average molecular weight is 947 g/mol. The fourth-order valence-electron chi connectivity index (χ4n) is 8.00. The van der Waals surface area contributed by atoms with Gasteiger partial charge in [-0.15, -0.1) is 0 Å². The summed E-state index contributed by atoms with van der Waals surface area (Å²) in [6, 6.07) is 16.1. The number of carbonyl (C=O) groups excluding carboxylic acids is 2. The molecule has 0 amide bonds. The number of esters is 2. The number of rotatable bonds is 32. The Balaban J connectivity index is 0.000000521. The SMILES string of the molecule is CCCCC(CC)Cc1cccc(C(=O)O)c1C(=O)O.CCCCC(CC)Cc1cccc(C(=O)O)c1C(=O)O.CCCCCCCCOC(=O)c1ccccc1C(=O)OCCCCCCCC. The Kier molecular flexibility index (Phi) is 32.5. The van der Waals surface area contributed by atoms with Crippen LogP contribution in [0.4, 0.5) is 0 Å². The highest BCUT2D eigenvalue weighted by molar-refractivity contribution is 6.04. The van der Waals surface area contributed by atoms with E-state index in [-0.39, 0.29) is 22.3 Å². The third kappa shape index (κ3) is 23.5. The van der Waals surface area contributed by atoms with Gasteiger partial charge in [-0.3, -0.25) is 0 Å². The van der Waals surface area contributed by atoms with Crippen LogP contribution < -0.4 is 0 Å². The van der Waals surface area contributed by atoms with E-state index in [0.717, 1.165) is 77.0 Å². The minimum Gasteiger partial charge on any atom is -0.478 e. The summed E-state index contributed by atoms with van der Waals surface area (Å²) in [5.74, 6) is -4.79. The molecule has 3 aromatic carbocycles. The molecule has 12 heteroatoms. The summed E-state index contributed by atoms with van der Waals surface area (Å²) in [5, 5.41) is 36.8. The molecule has 0 aliphatic carbocycles. The van der Waals surface area contributed by atoms with Crippen LogP contribution in [0.1, 0.15) is 243 Å². The third-order valence-corrected chi connectivity index (χ3v) is 12.1. The van der Waals surface area contributed by atoms with Crippen LogP contribution >= 0.6 is 0 Å². The zero-order valence-corrected chi connectivity index (χ0v) is 42.0. The fraction of sp³-hybridized carbons (Fsp3) is 0.571. The van der Waals surface area contributed by atoms with Gasteiger partial charge in [-0.2, -0.15) is 0 Å². The van der Waals surface area contributed by atoms with E-state index in [9.17, 15) is 39.0 Å².